The molecule has 0 saturated heterocycles. The topological polar surface area (TPSA) is 49.9 Å². The van der Waals surface area contributed by atoms with E-state index in [1.54, 1.807) is 12.4 Å². The van der Waals surface area contributed by atoms with E-state index in [9.17, 15) is 4.39 Å². The first-order chi connectivity index (χ1) is 9.20. The van der Waals surface area contributed by atoms with Crippen LogP contribution in [-0.4, -0.2) is 23.6 Å². The van der Waals surface area contributed by atoms with E-state index in [1.807, 2.05) is 0 Å². The predicted octanol–water partition coefficient (Wildman–Crippen LogP) is 2.45. The highest BCUT2D eigenvalue weighted by atomic mass is 35.5. The van der Waals surface area contributed by atoms with Crippen molar-refractivity contribution in [3.8, 4) is 5.75 Å². The van der Waals surface area contributed by atoms with Crippen LogP contribution >= 0.6 is 11.6 Å². The standard InChI is InChI=1S/C13H13ClFN3O/c1-19-13-8(14)4-7(5-9(13)15)11-12-10(2-3-16-11)17-6-18-12/h4-6,11,16H,2-3H2,1H3,(H,17,18)/t11-/m1/s1. The maximum absolute atomic E-state index is 13.9. The van der Waals surface area contributed by atoms with Crippen LogP contribution in [0.5, 0.6) is 5.75 Å². The van der Waals surface area contributed by atoms with Crippen LogP contribution in [0.25, 0.3) is 0 Å². The number of nitrogens with one attached hydrogen (secondary N) is 2. The maximum Gasteiger partial charge on any atom is 0.173 e. The van der Waals surface area contributed by atoms with Crippen LogP contribution in [0.3, 0.4) is 0 Å². The first kappa shape index (κ1) is 12.4. The van der Waals surface area contributed by atoms with Crippen LogP contribution in [0.2, 0.25) is 5.02 Å². The zero-order chi connectivity index (χ0) is 13.4. The monoisotopic (exact) mass is 281 g/mol. The van der Waals surface area contributed by atoms with Gasteiger partial charge in [0.2, 0.25) is 0 Å². The number of hydrogen-bond acceptors (Lipinski definition) is 3. The van der Waals surface area contributed by atoms with Crippen LogP contribution in [0.4, 0.5) is 4.39 Å². The van der Waals surface area contributed by atoms with Crippen LogP contribution < -0.4 is 10.1 Å². The zero-order valence-corrected chi connectivity index (χ0v) is 11.1. The molecule has 3 rings (SSSR count). The molecule has 19 heavy (non-hydrogen) atoms. The molecule has 0 unspecified atom stereocenters. The summed E-state index contributed by atoms with van der Waals surface area (Å²) in [5, 5.41) is 3.59. The van der Waals surface area contributed by atoms with Gasteiger partial charge in [0.25, 0.3) is 0 Å². The zero-order valence-electron chi connectivity index (χ0n) is 10.3. The molecule has 4 nitrogen and oxygen atoms in total. The van der Waals surface area contributed by atoms with Crippen LogP contribution in [0.1, 0.15) is 23.0 Å². The van der Waals surface area contributed by atoms with Crippen molar-refractivity contribution < 1.29 is 9.13 Å². The van der Waals surface area contributed by atoms with E-state index < -0.39 is 5.82 Å². The summed E-state index contributed by atoms with van der Waals surface area (Å²) >= 11 is 6.03. The SMILES string of the molecule is COc1c(F)cc([C@H]2NCCc3[nH]cnc32)cc1Cl. The number of imidazole rings is 1. The van der Waals surface area contributed by atoms with Gasteiger partial charge in [-0.05, 0) is 17.7 Å². The lowest BCUT2D eigenvalue weighted by atomic mass is 9.98. The first-order valence-electron chi connectivity index (χ1n) is 5.99. The minimum atomic E-state index is -0.463. The summed E-state index contributed by atoms with van der Waals surface area (Å²) in [6, 6.07) is 3.00. The molecule has 0 saturated carbocycles. The number of nitrogens with zero attached hydrogens (tertiary/aromatic N) is 1. The van der Waals surface area contributed by atoms with Crippen LogP contribution in [-0.2, 0) is 6.42 Å². The Balaban J connectivity index is 2.05. The van der Waals surface area contributed by atoms with Crippen molar-refractivity contribution in [1.82, 2.24) is 15.3 Å². The third kappa shape index (κ3) is 2.09. The van der Waals surface area contributed by atoms with E-state index in [4.69, 9.17) is 16.3 Å². The molecule has 1 aromatic carbocycles. The summed E-state index contributed by atoms with van der Waals surface area (Å²) in [7, 11) is 1.40. The number of rotatable bonds is 2. The number of aromatic amines is 1. The van der Waals surface area contributed by atoms with Gasteiger partial charge in [0, 0.05) is 18.7 Å². The van der Waals surface area contributed by atoms with Crippen LogP contribution in [0, 0.1) is 5.82 Å². The molecule has 1 aromatic heterocycles. The normalized spacial score (nSPS) is 18.2. The number of aromatic nitrogens is 2. The number of methoxy groups -OCH3 is 1. The second-order valence-electron chi connectivity index (χ2n) is 4.42. The number of H-pyrrole nitrogens is 1. The fraction of sp³-hybridized carbons (Fsp3) is 0.308. The molecule has 2 N–H and O–H groups in total. The number of halogens is 2. The Morgan fingerprint density at radius 3 is 3.05 bits per heavy atom. The quantitative estimate of drug-likeness (QED) is 0.889. The predicted molar refractivity (Wildman–Crippen MR) is 70.1 cm³/mol. The molecule has 2 heterocycles. The number of fused-ring (bicyclic) bond motifs is 1. The fourth-order valence-electron chi connectivity index (χ4n) is 2.44. The lowest BCUT2D eigenvalue weighted by Gasteiger charge is -2.24. The minimum absolute atomic E-state index is 0.0727. The van der Waals surface area contributed by atoms with Gasteiger partial charge in [0.1, 0.15) is 0 Å². The summed E-state index contributed by atoms with van der Waals surface area (Å²) in [4.78, 5) is 7.41. The average Bonchev–Trinajstić information content (AvgIpc) is 2.86. The van der Waals surface area contributed by atoms with E-state index in [1.165, 1.54) is 13.2 Å². The average molecular weight is 282 g/mol. The maximum atomic E-state index is 13.9. The minimum Gasteiger partial charge on any atom is -0.492 e. The highest BCUT2D eigenvalue weighted by molar-refractivity contribution is 6.32. The molecule has 1 aliphatic rings. The molecule has 0 fully saturated rings. The van der Waals surface area contributed by atoms with Crippen molar-refractivity contribution >= 4 is 11.6 Å². The van der Waals surface area contributed by atoms with Crippen molar-refractivity contribution in [3.63, 3.8) is 0 Å². The molecular formula is C13H13ClFN3O. The summed E-state index contributed by atoms with van der Waals surface area (Å²) in [6.07, 6.45) is 2.55. The fourth-order valence-corrected chi connectivity index (χ4v) is 2.73. The largest absolute Gasteiger partial charge is 0.492 e. The molecule has 2 aromatic rings. The second-order valence-corrected chi connectivity index (χ2v) is 4.83. The highest BCUT2D eigenvalue weighted by Gasteiger charge is 2.25. The smallest absolute Gasteiger partial charge is 0.173 e. The van der Waals surface area contributed by atoms with Crippen molar-refractivity contribution in [1.29, 1.82) is 0 Å². The Bertz CT molecular complexity index is 591. The van der Waals surface area contributed by atoms with Gasteiger partial charge in [-0.2, -0.15) is 0 Å². The van der Waals surface area contributed by atoms with Gasteiger partial charge in [-0.25, -0.2) is 9.37 Å². The summed E-state index contributed by atoms with van der Waals surface area (Å²) in [6.45, 7) is 0.811. The molecule has 6 heteroatoms. The lowest BCUT2D eigenvalue weighted by Crippen LogP contribution is -2.30. The number of ether oxygens (including phenoxy) is 1. The molecule has 1 aliphatic heterocycles. The Labute approximate surface area is 115 Å². The highest BCUT2D eigenvalue weighted by Crippen LogP contribution is 2.34. The van der Waals surface area contributed by atoms with Crippen LogP contribution in [0.15, 0.2) is 18.5 Å². The molecule has 0 amide bonds. The van der Waals surface area contributed by atoms with E-state index in [-0.39, 0.29) is 16.8 Å². The molecule has 1 atom stereocenters. The van der Waals surface area contributed by atoms with E-state index in [0.717, 1.165) is 29.9 Å². The number of hydrogen-bond donors (Lipinski definition) is 2. The Hall–Kier alpha value is -1.59. The van der Waals surface area contributed by atoms with E-state index >= 15 is 0 Å². The van der Waals surface area contributed by atoms with Gasteiger partial charge in [-0.1, -0.05) is 11.6 Å². The van der Waals surface area contributed by atoms with E-state index in [2.05, 4.69) is 15.3 Å². The molecule has 0 aliphatic carbocycles. The Morgan fingerprint density at radius 2 is 2.32 bits per heavy atom. The van der Waals surface area contributed by atoms with Gasteiger partial charge in [-0.3, -0.25) is 0 Å². The van der Waals surface area contributed by atoms with E-state index in [0.29, 0.717) is 0 Å². The molecule has 0 radical (unpaired) electrons. The van der Waals surface area contributed by atoms with Crippen molar-refractivity contribution in [2.75, 3.05) is 13.7 Å². The van der Waals surface area contributed by atoms with Crippen molar-refractivity contribution in [3.05, 3.63) is 46.3 Å². The lowest BCUT2D eigenvalue weighted by molar-refractivity contribution is 0.386. The molecule has 0 spiro atoms. The second kappa shape index (κ2) is 4.83. The third-order valence-electron chi connectivity index (χ3n) is 3.31. The van der Waals surface area contributed by atoms with Gasteiger partial charge in [0.05, 0.1) is 30.2 Å². The Kier molecular flexibility index (Phi) is 3.16. The summed E-state index contributed by atoms with van der Waals surface area (Å²) < 4.78 is 18.8. The molecule has 100 valence electrons. The number of benzene rings is 1. The van der Waals surface area contributed by atoms with Gasteiger partial charge in [0.15, 0.2) is 11.6 Å². The first-order valence-corrected chi connectivity index (χ1v) is 6.37. The van der Waals surface area contributed by atoms with Gasteiger partial charge in [-0.15, -0.1) is 0 Å². The van der Waals surface area contributed by atoms with Gasteiger partial charge < -0.3 is 15.0 Å². The molecule has 0 bridgehead atoms. The van der Waals surface area contributed by atoms with Crippen molar-refractivity contribution in [2.45, 2.75) is 12.5 Å². The summed E-state index contributed by atoms with van der Waals surface area (Å²) in [5.74, 6) is -0.391. The molecular weight excluding hydrogens is 269 g/mol. The summed E-state index contributed by atoms with van der Waals surface area (Å²) in [5.41, 5.74) is 2.72. The third-order valence-corrected chi connectivity index (χ3v) is 3.59. The van der Waals surface area contributed by atoms with Crippen molar-refractivity contribution in [2.24, 2.45) is 0 Å². The van der Waals surface area contributed by atoms with Gasteiger partial charge >= 0.3 is 0 Å². The Morgan fingerprint density at radius 1 is 1.47 bits per heavy atom.